The predicted molar refractivity (Wildman–Crippen MR) is 77.5 cm³/mol. The fourth-order valence-corrected chi connectivity index (χ4v) is 2.57. The number of carbonyl (C=O) groups is 2. The molecule has 0 radical (unpaired) electrons. The second kappa shape index (κ2) is 6.09. The summed E-state index contributed by atoms with van der Waals surface area (Å²) in [6.45, 7) is 1.87. The Morgan fingerprint density at radius 3 is 2.80 bits per heavy atom. The predicted octanol–water partition coefficient (Wildman–Crippen LogP) is 3.03. The van der Waals surface area contributed by atoms with Gasteiger partial charge in [0.05, 0.1) is 7.11 Å². The third kappa shape index (κ3) is 3.20. The molecule has 5 heteroatoms. The Balaban J connectivity index is 2.15. The van der Waals surface area contributed by atoms with Crippen LogP contribution in [0.25, 0.3) is 0 Å². The maximum atomic E-state index is 12.0. The molecule has 0 unspecified atom stereocenters. The van der Waals surface area contributed by atoms with Gasteiger partial charge in [0.25, 0.3) is 0 Å². The number of halogens is 1. The topological polar surface area (TPSA) is 55.4 Å². The molecule has 106 valence electrons. The highest BCUT2D eigenvalue weighted by atomic mass is 35.5. The van der Waals surface area contributed by atoms with Gasteiger partial charge in [0, 0.05) is 22.5 Å². The van der Waals surface area contributed by atoms with Crippen LogP contribution in [0.15, 0.2) is 36.0 Å². The first-order chi connectivity index (χ1) is 9.51. The zero-order valence-electron chi connectivity index (χ0n) is 11.4. The van der Waals surface area contributed by atoms with Gasteiger partial charge >= 0.3 is 5.97 Å². The monoisotopic (exact) mass is 293 g/mol. The smallest absolute Gasteiger partial charge is 0.316 e. The fraction of sp³-hybridized carbons (Fsp3) is 0.333. The van der Waals surface area contributed by atoms with Gasteiger partial charge in [-0.05, 0) is 30.5 Å². The maximum Gasteiger partial charge on any atom is 0.316 e. The number of allylic oxidation sites excluding steroid dienone is 2. The third-order valence-corrected chi connectivity index (χ3v) is 3.55. The quantitative estimate of drug-likeness (QED) is 0.687. The second-order valence-corrected chi connectivity index (χ2v) is 5.33. The van der Waals surface area contributed by atoms with E-state index in [0.29, 0.717) is 11.4 Å². The summed E-state index contributed by atoms with van der Waals surface area (Å²) in [5.74, 6) is -1.49. The maximum absolute atomic E-state index is 12.0. The van der Waals surface area contributed by atoms with Crippen LogP contribution in [-0.2, 0) is 14.3 Å². The molecular formula is C15H16ClNO3. The first kappa shape index (κ1) is 14.6. The van der Waals surface area contributed by atoms with Crippen molar-refractivity contribution in [2.75, 3.05) is 12.4 Å². The van der Waals surface area contributed by atoms with Crippen molar-refractivity contribution in [3.63, 3.8) is 0 Å². The van der Waals surface area contributed by atoms with Crippen molar-refractivity contribution in [2.24, 2.45) is 11.8 Å². The molecule has 2 atom stereocenters. The highest BCUT2D eigenvalue weighted by molar-refractivity contribution is 6.30. The van der Waals surface area contributed by atoms with Gasteiger partial charge in [0.2, 0.25) is 0 Å². The molecule has 0 bridgehead atoms. The molecule has 1 aromatic rings. The average Bonchev–Trinajstić information content (AvgIpc) is 2.37. The van der Waals surface area contributed by atoms with E-state index in [1.807, 2.05) is 19.1 Å². The third-order valence-electron chi connectivity index (χ3n) is 3.32. The Hall–Kier alpha value is -1.81. The summed E-state index contributed by atoms with van der Waals surface area (Å²) in [6.07, 6.45) is 2.08. The number of hydrogen-bond donors (Lipinski definition) is 1. The van der Waals surface area contributed by atoms with Crippen molar-refractivity contribution in [2.45, 2.75) is 13.3 Å². The number of hydrogen-bond acceptors (Lipinski definition) is 4. The summed E-state index contributed by atoms with van der Waals surface area (Å²) in [6, 6.07) is 7.26. The summed E-state index contributed by atoms with van der Waals surface area (Å²) in [5, 5.41) is 3.79. The SMILES string of the molecule is COC(=O)[C@@H]1C(=O)C=C(Nc2cccc(Cl)c2)C[C@H]1C. The van der Waals surface area contributed by atoms with Crippen molar-refractivity contribution >= 4 is 29.0 Å². The molecule has 0 aromatic heterocycles. The molecule has 0 fully saturated rings. The van der Waals surface area contributed by atoms with Crippen molar-refractivity contribution in [1.29, 1.82) is 0 Å². The van der Waals surface area contributed by atoms with Crippen LogP contribution in [0.5, 0.6) is 0 Å². The molecule has 20 heavy (non-hydrogen) atoms. The molecule has 1 aliphatic carbocycles. The number of carbonyl (C=O) groups excluding carboxylic acids is 2. The molecule has 1 N–H and O–H groups in total. The average molecular weight is 294 g/mol. The van der Waals surface area contributed by atoms with Crippen molar-refractivity contribution < 1.29 is 14.3 Å². The van der Waals surface area contributed by atoms with E-state index in [2.05, 4.69) is 10.1 Å². The van der Waals surface area contributed by atoms with Crippen LogP contribution in [0.1, 0.15) is 13.3 Å². The van der Waals surface area contributed by atoms with Crippen LogP contribution in [0.4, 0.5) is 5.69 Å². The summed E-state index contributed by atoms with van der Waals surface area (Å²) < 4.78 is 4.67. The van der Waals surface area contributed by atoms with E-state index in [1.54, 1.807) is 12.1 Å². The Morgan fingerprint density at radius 1 is 1.45 bits per heavy atom. The second-order valence-electron chi connectivity index (χ2n) is 4.89. The minimum Gasteiger partial charge on any atom is -0.468 e. The van der Waals surface area contributed by atoms with E-state index in [9.17, 15) is 9.59 Å². The molecule has 0 spiro atoms. The normalized spacial score (nSPS) is 22.1. The van der Waals surface area contributed by atoms with Crippen LogP contribution < -0.4 is 5.32 Å². The van der Waals surface area contributed by atoms with Gasteiger partial charge in [-0.2, -0.15) is 0 Å². The van der Waals surface area contributed by atoms with E-state index in [0.717, 1.165) is 11.4 Å². The number of anilines is 1. The van der Waals surface area contributed by atoms with Gasteiger partial charge in [0.15, 0.2) is 5.78 Å². The molecule has 0 heterocycles. The summed E-state index contributed by atoms with van der Waals surface area (Å²) in [5.41, 5.74) is 1.60. The van der Waals surface area contributed by atoms with Crippen LogP contribution in [0.3, 0.4) is 0 Å². The number of ether oxygens (including phenoxy) is 1. The lowest BCUT2D eigenvalue weighted by Gasteiger charge is -2.26. The Bertz CT molecular complexity index is 568. The molecule has 1 aliphatic rings. The Labute approximate surface area is 122 Å². The zero-order chi connectivity index (χ0) is 14.7. The molecule has 2 rings (SSSR count). The lowest BCUT2D eigenvalue weighted by Crippen LogP contribution is -2.34. The lowest BCUT2D eigenvalue weighted by molar-refractivity contribution is -0.150. The minimum atomic E-state index is -0.704. The summed E-state index contributed by atoms with van der Waals surface area (Å²) >= 11 is 5.92. The van der Waals surface area contributed by atoms with Crippen LogP contribution in [-0.4, -0.2) is 18.9 Å². The van der Waals surface area contributed by atoms with E-state index < -0.39 is 11.9 Å². The van der Waals surface area contributed by atoms with Gasteiger partial charge in [0.1, 0.15) is 5.92 Å². The molecule has 4 nitrogen and oxygen atoms in total. The van der Waals surface area contributed by atoms with Crippen molar-refractivity contribution in [3.8, 4) is 0 Å². The van der Waals surface area contributed by atoms with Gasteiger partial charge in [-0.1, -0.05) is 24.6 Å². The highest BCUT2D eigenvalue weighted by Gasteiger charge is 2.35. The molecule has 0 amide bonds. The molecular weight excluding hydrogens is 278 g/mol. The van der Waals surface area contributed by atoms with Gasteiger partial charge in [-0.15, -0.1) is 0 Å². The standard InChI is InChI=1S/C15H16ClNO3/c1-9-6-12(8-13(18)14(9)15(19)20-2)17-11-5-3-4-10(16)7-11/h3-5,7-9,14,17H,6H2,1-2H3/t9-,14+/m1/s1. The first-order valence-corrected chi connectivity index (χ1v) is 6.74. The molecule has 0 saturated carbocycles. The number of methoxy groups -OCH3 is 1. The highest BCUT2D eigenvalue weighted by Crippen LogP contribution is 2.29. The number of esters is 1. The van der Waals surface area contributed by atoms with E-state index in [-0.39, 0.29) is 11.7 Å². The van der Waals surface area contributed by atoms with Crippen LogP contribution in [0, 0.1) is 11.8 Å². The number of nitrogens with one attached hydrogen (secondary N) is 1. The number of benzene rings is 1. The van der Waals surface area contributed by atoms with Crippen molar-refractivity contribution in [3.05, 3.63) is 41.1 Å². The van der Waals surface area contributed by atoms with E-state index >= 15 is 0 Å². The lowest BCUT2D eigenvalue weighted by atomic mass is 9.82. The van der Waals surface area contributed by atoms with Crippen molar-refractivity contribution in [1.82, 2.24) is 0 Å². The largest absolute Gasteiger partial charge is 0.468 e. The summed E-state index contributed by atoms with van der Waals surface area (Å²) in [4.78, 5) is 23.6. The number of ketones is 1. The zero-order valence-corrected chi connectivity index (χ0v) is 12.1. The van der Waals surface area contributed by atoms with Gasteiger partial charge < -0.3 is 10.1 Å². The number of rotatable bonds is 3. The summed E-state index contributed by atoms with van der Waals surface area (Å²) in [7, 11) is 1.30. The van der Waals surface area contributed by atoms with E-state index in [1.165, 1.54) is 13.2 Å². The molecule has 0 aliphatic heterocycles. The van der Waals surface area contributed by atoms with Gasteiger partial charge in [-0.3, -0.25) is 9.59 Å². The molecule has 1 aromatic carbocycles. The fourth-order valence-electron chi connectivity index (χ4n) is 2.38. The Kier molecular flexibility index (Phi) is 4.45. The molecule has 0 saturated heterocycles. The van der Waals surface area contributed by atoms with E-state index in [4.69, 9.17) is 11.6 Å². The Morgan fingerprint density at radius 2 is 2.20 bits per heavy atom. The minimum absolute atomic E-state index is 0.0957. The van der Waals surface area contributed by atoms with Crippen LogP contribution >= 0.6 is 11.6 Å². The van der Waals surface area contributed by atoms with Crippen LogP contribution in [0.2, 0.25) is 5.02 Å². The first-order valence-electron chi connectivity index (χ1n) is 6.36. The van der Waals surface area contributed by atoms with Gasteiger partial charge in [-0.25, -0.2) is 0 Å².